The largest absolute Gasteiger partial charge is 0.348 e. The second-order valence-electron chi connectivity index (χ2n) is 4.91. The summed E-state index contributed by atoms with van der Waals surface area (Å²) in [5, 5.41) is 14.2. The maximum Gasteiger partial charge on any atom is 0.240 e. The molecule has 0 saturated heterocycles. The number of thiophene rings is 1. The van der Waals surface area contributed by atoms with Gasteiger partial charge in [0.1, 0.15) is 5.41 Å². The molecule has 0 radical (unpaired) electrons. The first-order chi connectivity index (χ1) is 8.25. The average Bonchev–Trinajstić information content (AvgIpc) is 3.00. The Bertz CT molecular complexity index is 496. The van der Waals surface area contributed by atoms with E-state index in [1.54, 1.807) is 11.3 Å². The zero-order valence-corrected chi connectivity index (χ0v) is 10.3. The van der Waals surface area contributed by atoms with Gasteiger partial charge in [-0.15, -0.1) is 11.3 Å². The van der Waals surface area contributed by atoms with Gasteiger partial charge in [-0.25, -0.2) is 0 Å². The molecule has 4 heteroatoms. The van der Waals surface area contributed by atoms with Crippen LogP contribution in [0.15, 0.2) is 11.4 Å². The monoisotopic (exact) mass is 246 g/mol. The third-order valence-corrected chi connectivity index (χ3v) is 4.75. The predicted octanol–water partition coefficient (Wildman–Crippen LogP) is 2.55. The van der Waals surface area contributed by atoms with E-state index in [2.05, 4.69) is 22.8 Å². The van der Waals surface area contributed by atoms with E-state index in [4.69, 9.17) is 5.26 Å². The van der Waals surface area contributed by atoms with Crippen LogP contribution in [0.2, 0.25) is 0 Å². The van der Waals surface area contributed by atoms with E-state index in [1.165, 1.54) is 10.4 Å². The summed E-state index contributed by atoms with van der Waals surface area (Å²) in [5.41, 5.74) is 0.566. The Morgan fingerprint density at radius 3 is 3.12 bits per heavy atom. The Hall–Kier alpha value is -1.34. The molecule has 1 saturated carbocycles. The van der Waals surface area contributed by atoms with Gasteiger partial charge in [0.25, 0.3) is 0 Å². The summed E-state index contributed by atoms with van der Waals surface area (Å²) in [7, 11) is 0. The fourth-order valence-corrected chi connectivity index (χ4v) is 3.43. The summed E-state index contributed by atoms with van der Waals surface area (Å²) in [5.74, 6) is -0.0657. The molecule has 0 bridgehead atoms. The number of amides is 1. The average molecular weight is 246 g/mol. The first-order valence-electron chi connectivity index (χ1n) is 6.04. The van der Waals surface area contributed by atoms with E-state index in [-0.39, 0.29) is 11.9 Å². The lowest BCUT2D eigenvalue weighted by molar-refractivity contribution is -0.125. The van der Waals surface area contributed by atoms with Gasteiger partial charge in [-0.2, -0.15) is 5.26 Å². The molecule has 1 fully saturated rings. The molecule has 1 atom stereocenters. The van der Waals surface area contributed by atoms with Gasteiger partial charge in [0, 0.05) is 4.88 Å². The number of nitriles is 1. The van der Waals surface area contributed by atoms with E-state index in [9.17, 15) is 4.79 Å². The molecule has 1 aromatic heterocycles. The Kier molecular flexibility index (Phi) is 2.44. The van der Waals surface area contributed by atoms with Crippen molar-refractivity contribution in [2.75, 3.05) is 0 Å². The molecule has 0 spiro atoms. The van der Waals surface area contributed by atoms with E-state index in [0.29, 0.717) is 0 Å². The molecular formula is C13H14N2OS. The third-order valence-electron chi connectivity index (χ3n) is 3.76. The number of aryl methyl sites for hydroxylation is 1. The lowest BCUT2D eigenvalue weighted by Crippen LogP contribution is -2.35. The van der Waals surface area contributed by atoms with E-state index in [0.717, 1.165) is 32.1 Å². The summed E-state index contributed by atoms with van der Waals surface area (Å²) in [4.78, 5) is 13.4. The number of rotatable bonds is 2. The molecule has 1 N–H and O–H groups in total. The van der Waals surface area contributed by atoms with Crippen LogP contribution < -0.4 is 5.32 Å². The summed E-state index contributed by atoms with van der Waals surface area (Å²) in [6.07, 6.45) is 4.69. The SMILES string of the molecule is N#CC1(C(=O)NC2CCCc3sccc32)CC1. The molecule has 1 amide bonds. The van der Waals surface area contributed by atoms with Crippen LogP contribution in [0.3, 0.4) is 0 Å². The topological polar surface area (TPSA) is 52.9 Å². The summed E-state index contributed by atoms with van der Waals surface area (Å²) >= 11 is 1.77. The zero-order chi connectivity index (χ0) is 11.9. The molecule has 0 aromatic carbocycles. The number of nitrogens with one attached hydrogen (secondary N) is 1. The summed E-state index contributed by atoms with van der Waals surface area (Å²) < 4.78 is 0. The van der Waals surface area contributed by atoms with Gasteiger partial charge in [0.2, 0.25) is 5.91 Å². The predicted molar refractivity (Wildman–Crippen MR) is 65.4 cm³/mol. The van der Waals surface area contributed by atoms with Gasteiger partial charge in [-0.05, 0) is 49.1 Å². The molecule has 3 rings (SSSR count). The molecule has 1 unspecified atom stereocenters. The molecule has 0 aliphatic heterocycles. The highest BCUT2D eigenvalue weighted by Gasteiger charge is 2.51. The highest BCUT2D eigenvalue weighted by Crippen LogP contribution is 2.46. The zero-order valence-electron chi connectivity index (χ0n) is 9.53. The van der Waals surface area contributed by atoms with Gasteiger partial charge in [0.15, 0.2) is 0 Å². The van der Waals surface area contributed by atoms with E-state index in [1.807, 2.05) is 0 Å². The Morgan fingerprint density at radius 1 is 1.59 bits per heavy atom. The van der Waals surface area contributed by atoms with Crippen molar-refractivity contribution < 1.29 is 4.79 Å². The highest BCUT2D eigenvalue weighted by atomic mass is 32.1. The molecule has 17 heavy (non-hydrogen) atoms. The van der Waals surface area contributed by atoms with Gasteiger partial charge in [0.05, 0.1) is 12.1 Å². The van der Waals surface area contributed by atoms with Crippen LogP contribution >= 0.6 is 11.3 Å². The van der Waals surface area contributed by atoms with Crippen molar-refractivity contribution in [3.63, 3.8) is 0 Å². The molecule has 1 aromatic rings. The maximum atomic E-state index is 12.0. The van der Waals surface area contributed by atoms with Gasteiger partial charge in [-0.3, -0.25) is 4.79 Å². The number of carbonyl (C=O) groups excluding carboxylic acids is 1. The molecule has 1 heterocycles. The first kappa shape index (κ1) is 10.8. The number of nitrogens with zero attached hydrogens (tertiary/aromatic N) is 1. The second-order valence-corrected chi connectivity index (χ2v) is 5.91. The lowest BCUT2D eigenvalue weighted by Gasteiger charge is -2.24. The smallest absolute Gasteiger partial charge is 0.240 e. The van der Waals surface area contributed by atoms with Gasteiger partial charge in [-0.1, -0.05) is 0 Å². The second kappa shape index (κ2) is 3.85. The van der Waals surface area contributed by atoms with Gasteiger partial charge < -0.3 is 5.32 Å². The van der Waals surface area contributed by atoms with E-state index < -0.39 is 5.41 Å². The Balaban J connectivity index is 1.76. The quantitative estimate of drug-likeness (QED) is 0.871. The summed E-state index contributed by atoms with van der Waals surface area (Å²) in [6, 6.07) is 4.39. The summed E-state index contributed by atoms with van der Waals surface area (Å²) in [6.45, 7) is 0. The van der Waals surface area contributed by atoms with Crippen LogP contribution in [-0.2, 0) is 11.2 Å². The Morgan fingerprint density at radius 2 is 2.41 bits per heavy atom. The maximum absolute atomic E-state index is 12.0. The van der Waals surface area contributed by atoms with Crippen LogP contribution in [0.25, 0.3) is 0 Å². The normalized spacial score (nSPS) is 24.5. The fraction of sp³-hybridized carbons (Fsp3) is 0.538. The number of carbonyl (C=O) groups is 1. The molecule has 3 nitrogen and oxygen atoms in total. The van der Waals surface area contributed by atoms with Crippen molar-refractivity contribution >= 4 is 17.2 Å². The standard InChI is InChI=1S/C13H14N2OS/c14-8-13(5-6-13)12(16)15-10-2-1-3-11-9(10)4-7-17-11/h4,7,10H,1-3,5-6H2,(H,15,16). The minimum Gasteiger partial charge on any atom is -0.348 e. The van der Waals surface area contributed by atoms with Crippen molar-refractivity contribution in [3.05, 3.63) is 21.9 Å². The minimum atomic E-state index is -0.701. The molecule has 2 aliphatic rings. The lowest BCUT2D eigenvalue weighted by atomic mass is 9.93. The van der Waals surface area contributed by atoms with Crippen molar-refractivity contribution in [1.82, 2.24) is 5.32 Å². The number of hydrogen-bond acceptors (Lipinski definition) is 3. The van der Waals surface area contributed by atoms with E-state index >= 15 is 0 Å². The van der Waals surface area contributed by atoms with Crippen molar-refractivity contribution in [3.8, 4) is 6.07 Å². The van der Waals surface area contributed by atoms with Crippen LogP contribution in [0.5, 0.6) is 0 Å². The van der Waals surface area contributed by atoms with Crippen molar-refractivity contribution in [1.29, 1.82) is 5.26 Å². The number of fused-ring (bicyclic) bond motifs is 1. The molecule has 88 valence electrons. The van der Waals surface area contributed by atoms with Crippen LogP contribution in [-0.4, -0.2) is 5.91 Å². The highest BCUT2D eigenvalue weighted by molar-refractivity contribution is 7.10. The van der Waals surface area contributed by atoms with Crippen molar-refractivity contribution in [2.45, 2.75) is 38.1 Å². The van der Waals surface area contributed by atoms with Gasteiger partial charge >= 0.3 is 0 Å². The Labute approximate surface area is 104 Å². The minimum absolute atomic E-state index is 0.0657. The van der Waals surface area contributed by atoms with Crippen LogP contribution in [0.1, 0.15) is 42.2 Å². The fourth-order valence-electron chi connectivity index (χ4n) is 2.45. The number of hydrogen-bond donors (Lipinski definition) is 1. The van der Waals surface area contributed by atoms with Crippen LogP contribution in [0, 0.1) is 16.7 Å². The molecular weight excluding hydrogens is 232 g/mol. The van der Waals surface area contributed by atoms with Crippen LogP contribution in [0.4, 0.5) is 0 Å². The van der Waals surface area contributed by atoms with Crippen molar-refractivity contribution in [2.24, 2.45) is 5.41 Å². The first-order valence-corrected chi connectivity index (χ1v) is 6.92. The third kappa shape index (κ3) is 1.75. The molecule has 2 aliphatic carbocycles.